The van der Waals surface area contributed by atoms with Crippen molar-refractivity contribution in [2.24, 2.45) is 0 Å². The van der Waals surface area contributed by atoms with Gasteiger partial charge >= 0.3 is 0 Å². The van der Waals surface area contributed by atoms with Crippen LogP contribution in [0.2, 0.25) is 0 Å². The highest BCUT2D eigenvalue weighted by molar-refractivity contribution is 5.93. The van der Waals surface area contributed by atoms with E-state index in [1.165, 1.54) is 0 Å². The average molecular weight is 317 g/mol. The number of benzene rings is 2. The van der Waals surface area contributed by atoms with Crippen LogP contribution in [0.4, 0.5) is 11.4 Å². The smallest absolute Gasteiger partial charge is 0.270 e. The van der Waals surface area contributed by atoms with Gasteiger partial charge in [-0.05, 0) is 36.2 Å². The van der Waals surface area contributed by atoms with E-state index >= 15 is 0 Å². The molecular formula is C20H19N3O. The molecule has 0 saturated heterocycles. The van der Waals surface area contributed by atoms with E-state index < -0.39 is 0 Å². The van der Waals surface area contributed by atoms with Crippen molar-refractivity contribution in [2.45, 2.75) is 13.5 Å². The van der Waals surface area contributed by atoms with Gasteiger partial charge in [0.25, 0.3) is 5.91 Å². The first kappa shape index (κ1) is 15.7. The number of hydrogen-bond donors (Lipinski definition) is 2. The Kier molecular flexibility index (Phi) is 4.87. The second-order valence-electron chi connectivity index (χ2n) is 5.54. The van der Waals surface area contributed by atoms with Crippen molar-refractivity contribution in [3.8, 4) is 0 Å². The van der Waals surface area contributed by atoms with E-state index in [2.05, 4.69) is 15.6 Å². The molecule has 1 heterocycles. The zero-order chi connectivity index (χ0) is 16.8. The van der Waals surface area contributed by atoms with Gasteiger partial charge in [0, 0.05) is 24.1 Å². The molecule has 2 N–H and O–H groups in total. The molecule has 4 heteroatoms. The van der Waals surface area contributed by atoms with E-state index in [1.807, 2.05) is 67.6 Å². The Morgan fingerprint density at radius 2 is 1.75 bits per heavy atom. The van der Waals surface area contributed by atoms with Crippen molar-refractivity contribution in [3.05, 3.63) is 89.7 Å². The number of anilines is 2. The summed E-state index contributed by atoms with van der Waals surface area (Å²) in [4.78, 5) is 16.5. The molecule has 0 unspecified atom stereocenters. The zero-order valence-electron chi connectivity index (χ0n) is 13.5. The molecule has 120 valence electrons. The fraction of sp³-hybridized carbons (Fsp3) is 0.100. The van der Waals surface area contributed by atoms with Crippen molar-refractivity contribution >= 4 is 17.3 Å². The lowest BCUT2D eigenvalue weighted by atomic mass is 10.2. The summed E-state index contributed by atoms with van der Waals surface area (Å²) in [6.45, 7) is 2.52. The lowest BCUT2D eigenvalue weighted by molar-refractivity contribution is 0.0946. The number of aromatic nitrogens is 1. The van der Waals surface area contributed by atoms with E-state index in [0.29, 0.717) is 12.2 Å². The Hall–Kier alpha value is -3.14. The van der Waals surface area contributed by atoms with Gasteiger partial charge in [0.15, 0.2) is 0 Å². The maximum absolute atomic E-state index is 12.3. The van der Waals surface area contributed by atoms with Gasteiger partial charge in [0.05, 0.1) is 0 Å². The quantitative estimate of drug-likeness (QED) is 0.746. The Bertz CT molecular complexity index is 831. The van der Waals surface area contributed by atoms with Crippen LogP contribution in [0.5, 0.6) is 0 Å². The van der Waals surface area contributed by atoms with Gasteiger partial charge in [0.1, 0.15) is 5.69 Å². The van der Waals surface area contributed by atoms with Crippen molar-refractivity contribution in [1.82, 2.24) is 10.3 Å². The van der Waals surface area contributed by atoms with Crippen LogP contribution in [0.3, 0.4) is 0 Å². The third-order valence-corrected chi connectivity index (χ3v) is 3.71. The lowest BCUT2D eigenvalue weighted by Gasteiger charge is -2.10. The Morgan fingerprint density at radius 3 is 2.54 bits per heavy atom. The van der Waals surface area contributed by atoms with Gasteiger partial charge in [0.2, 0.25) is 0 Å². The van der Waals surface area contributed by atoms with Crippen LogP contribution in [-0.4, -0.2) is 10.9 Å². The van der Waals surface area contributed by atoms with Crippen LogP contribution in [-0.2, 0) is 6.54 Å². The predicted octanol–water partition coefficient (Wildman–Crippen LogP) is 4.06. The second-order valence-corrected chi connectivity index (χ2v) is 5.54. The Balaban J connectivity index is 1.68. The molecule has 0 radical (unpaired) electrons. The van der Waals surface area contributed by atoms with Gasteiger partial charge in [-0.3, -0.25) is 9.78 Å². The normalized spacial score (nSPS) is 10.2. The van der Waals surface area contributed by atoms with Crippen LogP contribution >= 0.6 is 0 Å². The minimum atomic E-state index is -0.188. The second kappa shape index (κ2) is 7.42. The van der Waals surface area contributed by atoms with Crippen LogP contribution in [0.25, 0.3) is 0 Å². The highest BCUT2D eigenvalue weighted by atomic mass is 16.1. The monoisotopic (exact) mass is 317 g/mol. The molecule has 0 aliphatic rings. The summed E-state index contributed by atoms with van der Waals surface area (Å²) < 4.78 is 0. The first-order valence-corrected chi connectivity index (χ1v) is 7.83. The first-order valence-electron chi connectivity index (χ1n) is 7.83. The number of nitrogens with one attached hydrogen (secondary N) is 2. The number of para-hydroxylation sites is 1. The molecule has 0 spiro atoms. The molecule has 0 fully saturated rings. The summed E-state index contributed by atoms with van der Waals surface area (Å²) >= 11 is 0. The largest absolute Gasteiger partial charge is 0.355 e. The third kappa shape index (κ3) is 3.98. The highest BCUT2D eigenvalue weighted by Crippen LogP contribution is 2.20. The summed E-state index contributed by atoms with van der Waals surface area (Å²) in [5, 5.41) is 6.21. The molecule has 4 nitrogen and oxygen atoms in total. The molecule has 24 heavy (non-hydrogen) atoms. The van der Waals surface area contributed by atoms with E-state index in [1.54, 1.807) is 12.3 Å². The number of nitrogens with zero attached hydrogens (tertiary/aromatic N) is 1. The molecular weight excluding hydrogens is 298 g/mol. The van der Waals surface area contributed by atoms with Crippen LogP contribution in [0, 0.1) is 6.92 Å². The van der Waals surface area contributed by atoms with Crippen molar-refractivity contribution < 1.29 is 4.79 Å². The van der Waals surface area contributed by atoms with Crippen molar-refractivity contribution in [3.63, 3.8) is 0 Å². The van der Waals surface area contributed by atoms with Crippen LogP contribution in [0.1, 0.15) is 21.6 Å². The molecule has 0 aliphatic carbocycles. The van der Waals surface area contributed by atoms with Gasteiger partial charge in [-0.25, -0.2) is 0 Å². The number of pyridine rings is 1. The molecule has 3 rings (SSSR count). The molecule has 1 aromatic heterocycles. The Labute approximate surface area is 141 Å². The topological polar surface area (TPSA) is 54.0 Å². The number of amides is 1. The Morgan fingerprint density at radius 1 is 1.00 bits per heavy atom. The number of hydrogen-bond acceptors (Lipinski definition) is 3. The number of aryl methyl sites for hydroxylation is 1. The van der Waals surface area contributed by atoms with Crippen molar-refractivity contribution in [1.29, 1.82) is 0 Å². The van der Waals surface area contributed by atoms with E-state index in [9.17, 15) is 4.79 Å². The maximum Gasteiger partial charge on any atom is 0.270 e. The standard InChI is InChI=1S/C20H19N3O/c1-15-7-5-6-10-18(15)23-17-11-12-21-19(13-17)20(24)22-14-16-8-3-2-4-9-16/h2-13H,14H2,1H3,(H,21,23)(H,22,24). The fourth-order valence-electron chi connectivity index (χ4n) is 2.37. The maximum atomic E-state index is 12.3. The number of carbonyl (C=O) groups excluding carboxylic acids is 1. The van der Waals surface area contributed by atoms with Crippen molar-refractivity contribution in [2.75, 3.05) is 5.32 Å². The summed E-state index contributed by atoms with van der Waals surface area (Å²) in [6, 6.07) is 21.4. The third-order valence-electron chi connectivity index (χ3n) is 3.71. The fourth-order valence-corrected chi connectivity index (χ4v) is 2.37. The van der Waals surface area contributed by atoms with Gasteiger partial charge < -0.3 is 10.6 Å². The minimum Gasteiger partial charge on any atom is -0.355 e. The zero-order valence-corrected chi connectivity index (χ0v) is 13.5. The number of rotatable bonds is 5. The summed E-state index contributed by atoms with van der Waals surface area (Å²) in [5.41, 5.74) is 4.44. The van der Waals surface area contributed by atoms with Crippen LogP contribution in [0.15, 0.2) is 72.9 Å². The molecule has 0 aliphatic heterocycles. The lowest BCUT2D eigenvalue weighted by Crippen LogP contribution is -2.23. The molecule has 0 saturated carbocycles. The number of carbonyl (C=O) groups is 1. The van der Waals surface area contributed by atoms with E-state index in [4.69, 9.17) is 0 Å². The van der Waals surface area contributed by atoms with Gasteiger partial charge in [-0.2, -0.15) is 0 Å². The first-order chi connectivity index (χ1) is 11.7. The summed E-state index contributed by atoms with van der Waals surface area (Å²) in [7, 11) is 0. The molecule has 2 aromatic carbocycles. The highest BCUT2D eigenvalue weighted by Gasteiger charge is 2.08. The molecule has 3 aromatic rings. The average Bonchev–Trinajstić information content (AvgIpc) is 2.63. The van der Waals surface area contributed by atoms with E-state index in [0.717, 1.165) is 22.5 Å². The molecule has 0 bridgehead atoms. The van der Waals surface area contributed by atoms with Gasteiger partial charge in [-0.1, -0.05) is 48.5 Å². The summed E-state index contributed by atoms with van der Waals surface area (Å²) in [6.07, 6.45) is 1.64. The minimum absolute atomic E-state index is 0.188. The summed E-state index contributed by atoms with van der Waals surface area (Å²) in [5.74, 6) is -0.188. The van der Waals surface area contributed by atoms with E-state index in [-0.39, 0.29) is 5.91 Å². The predicted molar refractivity (Wildman–Crippen MR) is 96.3 cm³/mol. The molecule has 0 atom stereocenters. The molecule has 1 amide bonds. The van der Waals surface area contributed by atoms with Crippen LogP contribution < -0.4 is 10.6 Å². The van der Waals surface area contributed by atoms with Gasteiger partial charge in [-0.15, -0.1) is 0 Å². The SMILES string of the molecule is Cc1ccccc1Nc1ccnc(C(=O)NCc2ccccc2)c1.